The van der Waals surface area contributed by atoms with Gasteiger partial charge in [-0.15, -0.1) is 0 Å². The highest BCUT2D eigenvalue weighted by atomic mass is 16.3. The van der Waals surface area contributed by atoms with Gasteiger partial charge in [0.25, 0.3) is 5.56 Å². The van der Waals surface area contributed by atoms with Crippen LogP contribution in [0.3, 0.4) is 0 Å². The minimum absolute atomic E-state index is 0.0107. The van der Waals surface area contributed by atoms with Crippen molar-refractivity contribution in [3.8, 4) is 0 Å². The van der Waals surface area contributed by atoms with Gasteiger partial charge in [0, 0.05) is 38.2 Å². The summed E-state index contributed by atoms with van der Waals surface area (Å²) < 4.78 is 5.68. The molecule has 0 atom stereocenters. The highest BCUT2D eigenvalue weighted by molar-refractivity contribution is 5.97. The second-order valence-electron chi connectivity index (χ2n) is 8.18. The van der Waals surface area contributed by atoms with E-state index in [1.807, 2.05) is 25.1 Å². The highest BCUT2D eigenvalue weighted by Gasteiger charge is 2.23. The lowest BCUT2D eigenvalue weighted by Gasteiger charge is -2.27. The number of aromatic amines is 1. The molecule has 0 saturated heterocycles. The fourth-order valence-corrected chi connectivity index (χ4v) is 4.28. The number of benzene rings is 1. The van der Waals surface area contributed by atoms with Gasteiger partial charge in [-0.2, -0.15) is 0 Å². The fraction of sp³-hybridized carbons (Fsp3) is 0.391. The Morgan fingerprint density at radius 2 is 2.10 bits per heavy atom. The summed E-state index contributed by atoms with van der Waals surface area (Å²) in [4.78, 5) is 39.9. The van der Waals surface area contributed by atoms with Crippen molar-refractivity contribution in [2.75, 3.05) is 13.1 Å². The van der Waals surface area contributed by atoms with Gasteiger partial charge in [0.1, 0.15) is 5.58 Å². The van der Waals surface area contributed by atoms with Crippen LogP contribution in [0.2, 0.25) is 0 Å². The molecule has 0 radical (unpaired) electrons. The second-order valence-corrected chi connectivity index (χ2v) is 8.18. The molecule has 1 aromatic carbocycles. The molecule has 2 aliphatic rings. The standard InChI is InChI=1S/C23H24N4O3/c1-14-5-6-20-16(10-14)21(28)15(13-30-20)11-27-9-7-18-17(12-27)23(29)26-22(25-18)19-4-2-3-8-24-19/h5-6,10,13H,2-4,7-9,11-12H2,1H3,(H,25,26,29). The molecule has 0 aliphatic carbocycles. The van der Waals surface area contributed by atoms with Gasteiger partial charge in [0.15, 0.2) is 11.3 Å². The van der Waals surface area contributed by atoms with E-state index in [0.717, 1.165) is 49.3 Å². The quantitative estimate of drug-likeness (QED) is 0.725. The van der Waals surface area contributed by atoms with Crippen LogP contribution in [0.25, 0.3) is 11.0 Å². The molecule has 5 rings (SSSR count). The monoisotopic (exact) mass is 404 g/mol. The Hall–Kier alpha value is -3.06. The number of nitrogens with zero attached hydrogens (tertiary/aromatic N) is 3. The van der Waals surface area contributed by atoms with E-state index in [1.54, 1.807) is 6.26 Å². The number of aryl methyl sites for hydroxylation is 1. The summed E-state index contributed by atoms with van der Waals surface area (Å²) in [5.74, 6) is 0.623. The molecule has 2 aromatic heterocycles. The van der Waals surface area contributed by atoms with Crippen molar-refractivity contribution in [1.29, 1.82) is 0 Å². The number of aromatic nitrogens is 2. The van der Waals surface area contributed by atoms with Crippen molar-refractivity contribution >= 4 is 16.7 Å². The Labute approximate surface area is 173 Å². The number of hydrogen-bond acceptors (Lipinski definition) is 6. The SMILES string of the molecule is Cc1ccc2occ(CN3CCc4nc(C5=NCCCC5)[nH]c(=O)c4C3)c(=O)c2c1. The van der Waals surface area contributed by atoms with E-state index < -0.39 is 0 Å². The summed E-state index contributed by atoms with van der Waals surface area (Å²) in [6, 6.07) is 5.62. The van der Waals surface area contributed by atoms with Gasteiger partial charge in [-0.1, -0.05) is 11.6 Å². The number of nitrogens with one attached hydrogen (secondary N) is 1. The highest BCUT2D eigenvalue weighted by Crippen LogP contribution is 2.19. The van der Waals surface area contributed by atoms with Crippen molar-refractivity contribution in [2.24, 2.45) is 4.99 Å². The van der Waals surface area contributed by atoms with Crippen LogP contribution < -0.4 is 11.0 Å². The summed E-state index contributed by atoms with van der Waals surface area (Å²) in [5, 5.41) is 0.599. The first-order valence-electron chi connectivity index (χ1n) is 10.5. The molecule has 4 heterocycles. The topological polar surface area (TPSA) is 91.6 Å². The Kier molecular flexibility index (Phi) is 4.83. The van der Waals surface area contributed by atoms with Crippen molar-refractivity contribution in [3.63, 3.8) is 0 Å². The molecule has 154 valence electrons. The summed E-state index contributed by atoms with van der Waals surface area (Å²) >= 11 is 0. The molecule has 30 heavy (non-hydrogen) atoms. The third kappa shape index (κ3) is 3.50. The maximum atomic E-state index is 12.9. The van der Waals surface area contributed by atoms with Gasteiger partial charge in [0.05, 0.1) is 28.6 Å². The minimum atomic E-state index is -0.103. The van der Waals surface area contributed by atoms with Crippen LogP contribution >= 0.6 is 0 Å². The average molecular weight is 404 g/mol. The molecule has 0 amide bonds. The third-order valence-electron chi connectivity index (χ3n) is 5.94. The normalized spacial score (nSPS) is 17.0. The Balaban J connectivity index is 1.41. The lowest BCUT2D eigenvalue weighted by atomic mass is 10.0. The number of aliphatic imine (C=N–C) groups is 1. The van der Waals surface area contributed by atoms with Crippen LogP contribution in [0.15, 0.2) is 43.5 Å². The first kappa shape index (κ1) is 18.9. The number of rotatable bonds is 3. The molecular weight excluding hydrogens is 380 g/mol. The lowest BCUT2D eigenvalue weighted by molar-refractivity contribution is 0.239. The van der Waals surface area contributed by atoms with Crippen LogP contribution in [-0.4, -0.2) is 33.7 Å². The molecule has 0 saturated carbocycles. The molecule has 7 nitrogen and oxygen atoms in total. The molecular formula is C23H24N4O3. The lowest BCUT2D eigenvalue weighted by Crippen LogP contribution is -2.37. The van der Waals surface area contributed by atoms with E-state index in [-0.39, 0.29) is 11.0 Å². The van der Waals surface area contributed by atoms with Crippen LogP contribution in [0.1, 0.15) is 47.5 Å². The van der Waals surface area contributed by atoms with E-state index in [4.69, 9.17) is 9.40 Å². The molecule has 0 fully saturated rings. The first-order valence-corrected chi connectivity index (χ1v) is 10.5. The van der Waals surface area contributed by atoms with Crippen molar-refractivity contribution in [3.05, 3.63) is 73.2 Å². The number of H-pyrrole nitrogens is 1. The molecule has 2 aliphatic heterocycles. The van der Waals surface area contributed by atoms with E-state index in [0.29, 0.717) is 47.4 Å². The van der Waals surface area contributed by atoms with Crippen molar-refractivity contribution in [1.82, 2.24) is 14.9 Å². The molecule has 0 spiro atoms. The number of fused-ring (bicyclic) bond motifs is 2. The molecule has 0 bridgehead atoms. The maximum absolute atomic E-state index is 12.9. The van der Waals surface area contributed by atoms with Gasteiger partial charge in [0.2, 0.25) is 0 Å². The Morgan fingerprint density at radius 3 is 2.93 bits per heavy atom. The maximum Gasteiger partial charge on any atom is 0.255 e. The second kappa shape index (κ2) is 7.65. The summed E-state index contributed by atoms with van der Waals surface area (Å²) in [6.07, 6.45) is 5.27. The minimum Gasteiger partial charge on any atom is -0.464 e. The summed E-state index contributed by atoms with van der Waals surface area (Å²) in [6.45, 7) is 4.41. The van der Waals surface area contributed by atoms with E-state index in [9.17, 15) is 9.59 Å². The largest absolute Gasteiger partial charge is 0.464 e. The van der Waals surface area contributed by atoms with Crippen LogP contribution in [-0.2, 0) is 19.5 Å². The van der Waals surface area contributed by atoms with Gasteiger partial charge in [-0.25, -0.2) is 4.98 Å². The fourth-order valence-electron chi connectivity index (χ4n) is 4.28. The predicted octanol–water partition coefficient (Wildman–Crippen LogP) is 2.72. The van der Waals surface area contributed by atoms with Crippen LogP contribution in [0, 0.1) is 6.92 Å². The first-order chi connectivity index (χ1) is 14.6. The van der Waals surface area contributed by atoms with Gasteiger partial charge in [-0.05, 0) is 38.3 Å². The molecule has 0 unspecified atom stereocenters. The van der Waals surface area contributed by atoms with Crippen LogP contribution in [0.4, 0.5) is 0 Å². The van der Waals surface area contributed by atoms with E-state index in [2.05, 4.69) is 14.9 Å². The van der Waals surface area contributed by atoms with Gasteiger partial charge < -0.3 is 9.40 Å². The van der Waals surface area contributed by atoms with Crippen molar-refractivity contribution < 1.29 is 4.42 Å². The van der Waals surface area contributed by atoms with Crippen LogP contribution in [0.5, 0.6) is 0 Å². The third-order valence-corrected chi connectivity index (χ3v) is 5.94. The zero-order valence-corrected chi connectivity index (χ0v) is 17.0. The molecule has 3 aromatic rings. The van der Waals surface area contributed by atoms with E-state index in [1.165, 1.54) is 0 Å². The molecule has 1 N–H and O–H groups in total. The Morgan fingerprint density at radius 1 is 1.20 bits per heavy atom. The van der Waals surface area contributed by atoms with Gasteiger partial charge >= 0.3 is 0 Å². The zero-order chi connectivity index (χ0) is 20.7. The van der Waals surface area contributed by atoms with E-state index >= 15 is 0 Å². The number of hydrogen-bond donors (Lipinski definition) is 1. The van der Waals surface area contributed by atoms with Gasteiger partial charge in [-0.3, -0.25) is 19.5 Å². The smallest absolute Gasteiger partial charge is 0.255 e. The van der Waals surface area contributed by atoms with Crippen molar-refractivity contribution in [2.45, 2.75) is 45.7 Å². The average Bonchev–Trinajstić information content (AvgIpc) is 2.77. The summed E-state index contributed by atoms with van der Waals surface area (Å²) in [5.41, 5.74) is 4.55. The molecule has 7 heteroatoms. The predicted molar refractivity (Wildman–Crippen MR) is 115 cm³/mol. The summed E-state index contributed by atoms with van der Waals surface area (Å²) in [7, 11) is 0. The Bertz CT molecular complexity index is 1270. The zero-order valence-electron chi connectivity index (χ0n) is 17.0.